The van der Waals surface area contributed by atoms with Crippen LogP contribution in [-0.4, -0.2) is 43.2 Å². The zero-order valence-corrected chi connectivity index (χ0v) is 19.8. The van der Waals surface area contributed by atoms with E-state index in [1.54, 1.807) is 0 Å². The van der Waals surface area contributed by atoms with Gasteiger partial charge in [-0.05, 0) is 6.42 Å². The van der Waals surface area contributed by atoms with Crippen LogP contribution >= 0.6 is 0 Å². The van der Waals surface area contributed by atoms with Gasteiger partial charge in [0.2, 0.25) is 0 Å². The number of hydrogen-bond acceptors (Lipinski definition) is 4. The Kier molecular flexibility index (Phi) is 16.2. The Morgan fingerprint density at radius 3 is 1.38 bits per heavy atom. The summed E-state index contributed by atoms with van der Waals surface area (Å²) < 4.78 is 96.1. The van der Waals surface area contributed by atoms with Crippen LogP contribution in [0.1, 0.15) is 103 Å². The lowest BCUT2D eigenvalue weighted by Crippen LogP contribution is -2.54. The van der Waals surface area contributed by atoms with E-state index < -0.39 is 49.4 Å². The highest BCUT2D eigenvalue weighted by Gasteiger charge is 2.73. The molecule has 0 aromatic heterocycles. The molecule has 0 saturated carbocycles. The predicted octanol–water partition coefficient (Wildman–Crippen LogP) is 7.78. The minimum Gasteiger partial charge on any atom is -0.466 e. The summed E-state index contributed by atoms with van der Waals surface area (Å²) in [6.45, 7) is -0.142. The van der Waals surface area contributed by atoms with E-state index in [1.807, 2.05) is 0 Å². The molecular formula is C23H37F7O4. The average Bonchev–Trinajstić information content (AvgIpc) is 2.75. The molecule has 0 fully saturated rings. The number of alkyl halides is 7. The number of carbonyl (C=O) groups excluding carboxylic acids is 2. The molecule has 0 aliphatic carbocycles. The van der Waals surface area contributed by atoms with Crippen LogP contribution in [0.2, 0.25) is 0 Å². The molecule has 0 N–H and O–H groups in total. The van der Waals surface area contributed by atoms with Crippen LogP contribution in [-0.2, 0) is 19.1 Å². The Hall–Kier alpha value is -1.55. The van der Waals surface area contributed by atoms with E-state index in [-0.39, 0.29) is 6.61 Å². The first-order chi connectivity index (χ1) is 15.8. The lowest BCUT2D eigenvalue weighted by molar-refractivity contribution is -0.359. The molecule has 4 nitrogen and oxygen atoms in total. The quantitative estimate of drug-likeness (QED) is 0.0954. The largest absolute Gasteiger partial charge is 0.466 e. The zero-order valence-electron chi connectivity index (χ0n) is 19.8. The summed E-state index contributed by atoms with van der Waals surface area (Å²) in [4.78, 5) is 22.8. The molecule has 0 radical (unpaired) electrons. The molecule has 0 unspecified atom stereocenters. The van der Waals surface area contributed by atoms with Crippen molar-refractivity contribution < 1.29 is 49.8 Å². The van der Waals surface area contributed by atoms with Crippen molar-refractivity contribution in [1.82, 2.24) is 0 Å². The molecule has 0 spiro atoms. The molecule has 0 aliphatic rings. The van der Waals surface area contributed by atoms with Crippen molar-refractivity contribution in [3.8, 4) is 0 Å². The number of rotatable bonds is 20. The number of unbranched alkanes of at least 4 members (excludes halogenated alkanes) is 12. The molecule has 0 rings (SSSR count). The smallest absolute Gasteiger partial charge is 0.460 e. The summed E-state index contributed by atoms with van der Waals surface area (Å²) in [7, 11) is 0. The second-order valence-corrected chi connectivity index (χ2v) is 8.40. The maximum Gasteiger partial charge on any atom is 0.460 e. The summed E-state index contributed by atoms with van der Waals surface area (Å²) >= 11 is 0. The van der Waals surface area contributed by atoms with Gasteiger partial charge in [-0.1, -0.05) is 84.0 Å². The number of halogens is 7. The number of hydrogen-bond donors (Lipinski definition) is 0. The van der Waals surface area contributed by atoms with E-state index >= 15 is 0 Å². The molecule has 34 heavy (non-hydrogen) atoms. The Balaban J connectivity index is 3.71. The van der Waals surface area contributed by atoms with Crippen LogP contribution in [0.3, 0.4) is 0 Å². The Bertz CT molecular complexity index is 566. The lowest BCUT2D eigenvalue weighted by Gasteiger charge is -2.27. The lowest BCUT2D eigenvalue weighted by atomic mass is 10.0. The van der Waals surface area contributed by atoms with E-state index in [2.05, 4.69) is 11.7 Å². The maximum absolute atomic E-state index is 13.0. The summed E-state index contributed by atoms with van der Waals surface area (Å²) in [6, 6.07) is 0. The molecule has 11 heteroatoms. The summed E-state index contributed by atoms with van der Waals surface area (Å²) in [6.07, 6.45) is 7.09. The van der Waals surface area contributed by atoms with Gasteiger partial charge in [0, 0.05) is 0 Å². The summed E-state index contributed by atoms with van der Waals surface area (Å²) in [5.41, 5.74) is 0. The van der Waals surface area contributed by atoms with Crippen molar-refractivity contribution in [1.29, 1.82) is 0 Å². The van der Waals surface area contributed by atoms with Gasteiger partial charge in [0.25, 0.3) is 0 Å². The first kappa shape index (κ1) is 32.5. The first-order valence-corrected chi connectivity index (χ1v) is 12.0. The topological polar surface area (TPSA) is 52.6 Å². The fourth-order valence-corrected chi connectivity index (χ4v) is 3.12. The second kappa shape index (κ2) is 17.0. The minimum absolute atomic E-state index is 0.113. The predicted molar refractivity (Wildman–Crippen MR) is 113 cm³/mol. The van der Waals surface area contributed by atoms with Crippen LogP contribution in [0.15, 0.2) is 0 Å². The zero-order chi connectivity index (χ0) is 26.1. The molecular weight excluding hydrogens is 473 g/mol. The van der Waals surface area contributed by atoms with Gasteiger partial charge in [-0.25, -0.2) is 0 Å². The number of carbonyl (C=O) groups is 2. The standard InChI is InChI=1S/C23H37F7O4/c1-2-3-4-5-6-7-8-9-10-11-12-13-14-17-33-19(31)15-16-20(32)34-18-21(24,25)22(26,27)23(28,29)30/h2-18H2,1H3. The van der Waals surface area contributed by atoms with Gasteiger partial charge >= 0.3 is 30.0 Å². The molecule has 0 aliphatic heterocycles. The van der Waals surface area contributed by atoms with Crippen LogP contribution in [0.25, 0.3) is 0 Å². The van der Waals surface area contributed by atoms with Gasteiger partial charge in [-0.2, -0.15) is 30.7 Å². The van der Waals surface area contributed by atoms with Crippen molar-refractivity contribution in [3.63, 3.8) is 0 Å². The third-order valence-corrected chi connectivity index (χ3v) is 5.27. The maximum atomic E-state index is 13.0. The van der Waals surface area contributed by atoms with Gasteiger partial charge < -0.3 is 9.47 Å². The Labute approximate surface area is 196 Å². The SMILES string of the molecule is CCCCCCCCCCCCCCCOC(=O)CCC(=O)OCC(F)(F)C(F)(F)C(F)(F)F. The fraction of sp³-hybridized carbons (Fsp3) is 0.913. The normalized spacial score (nSPS) is 12.6. The van der Waals surface area contributed by atoms with E-state index in [0.29, 0.717) is 6.42 Å². The van der Waals surface area contributed by atoms with Crippen LogP contribution in [0.5, 0.6) is 0 Å². The average molecular weight is 511 g/mol. The summed E-state index contributed by atoms with van der Waals surface area (Å²) in [5, 5.41) is 0. The van der Waals surface area contributed by atoms with Crippen LogP contribution in [0.4, 0.5) is 30.7 Å². The van der Waals surface area contributed by atoms with Crippen molar-refractivity contribution in [3.05, 3.63) is 0 Å². The van der Waals surface area contributed by atoms with Crippen molar-refractivity contribution in [2.45, 2.75) is 121 Å². The molecule has 202 valence electrons. The molecule has 0 heterocycles. The summed E-state index contributed by atoms with van der Waals surface area (Å²) in [5.74, 6) is -14.3. The molecule has 0 bridgehead atoms. The number of ether oxygens (including phenoxy) is 2. The van der Waals surface area contributed by atoms with Crippen LogP contribution < -0.4 is 0 Å². The highest BCUT2D eigenvalue weighted by molar-refractivity contribution is 5.77. The van der Waals surface area contributed by atoms with Crippen molar-refractivity contribution in [2.24, 2.45) is 0 Å². The highest BCUT2D eigenvalue weighted by Crippen LogP contribution is 2.46. The van der Waals surface area contributed by atoms with E-state index in [9.17, 15) is 40.3 Å². The van der Waals surface area contributed by atoms with Gasteiger partial charge in [-0.3, -0.25) is 9.59 Å². The van der Waals surface area contributed by atoms with Gasteiger partial charge in [-0.15, -0.1) is 0 Å². The van der Waals surface area contributed by atoms with Crippen molar-refractivity contribution >= 4 is 11.9 Å². The molecule has 0 saturated heterocycles. The fourth-order valence-electron chi connectivity index (χ4n) is 3.12. The third kappa shape index (κ3) is 14.0. The monoisotopic (exact) mass is 510 g/mol. The highest BCUT2D eigenvalue weighted by atomic mass is 19.4. The van der Waals surface area contributed by atoms with Gasteiger partial charge in [0.15, 0.2) is 6.61 Å². The molecule has 0 amide bonds. The van der Waals surface area contributed by atoms with E-state index in [1.165, 1.54) is 51.4 Å². The first-order valence-electron chi connectivity index (χ1n) is 12.0. The van der Waals surface area contributed by atoms with Gasteiger partial charge in [0.05, 0.1) is 19.4 Å². The number of esters is 2. The third-order valence-electron chi connectivity index (χ3n) is 5.27. The Morgan fingerprint density at radius 1 is 0.588 bits per heavy atom. The minimum atomic E-state index is -6.50. The Morgan fingerprint density at radius 2 is 0.971 bits per heavy atom. The van der Waals surface area contributed by atoms with Crippen LogP contribution in [0, 0.1) is 0 Å². The van der Waals surface area contributed by atoms with Crippen molar-refractivity contribution in [2.75, 3.05) is 13.2 Å². The molecule has 0 aromatic carbocycles. The van der Waals surface area contributed by atoms with E-state index in [0.717, 1.165) is 25.7 Å². The second-order valence-electron chi connectivity index (χ2n) is 8.40. The van der Waals surface area contributed by atoms with Gasteiger partial charge in [0.1, 0.15) is 0 Å². The molecule has 0 atom stereocenters. The van der Waals surface area contributed by atoms with E-state index in [4.69, 9.17) is 4.74 Å². The molecule has 0 aromatic rings.